The van der Waals surface area contributed by atoms with Crippen molar-refractivity contribution in [2.24, 2.45) is 0 Å². The van der Waals surface area contributed by atoms with Crippen molar-refractivity contribution in [1.29, 1.82) is 0 Å². The fraction of sp³-hybridized carbons (Fsp3) is 0.316. The van der Waals surface area contributed by atoms with Crippen molar-refractivity contribution in [2.45, 2.75) is 50.0 Å². The van der Waals surface area contributed by atoms with Gasteiger partial charge in [-0.15, -0.1) is 0 Å². The quantitative estimate of drug-likeness (QED) is 0.256. The highest BCUT2D eigenvalue weighted by Crippen LogP contribution is 2.47. The van der Waals surface area contributed by atoms with E-state index in [9.17, 15) is 14.7 Å². The van der Waals surface area contributed by atoms with Gasteiger partial charge in [0.05, 0.1) is 5.92 Å². The van der Waals surface area contributed by atoms with Crippen molar-refractivity contribution < 1.29 is 19.1 Å². The zero-order chi connectivity index (χ0) is 30.9. The molecular weight excluding hydrogens is 565 g/mol. The molecule has 3 aliphatic rings. The van der Waals surface area contributed by atoms with E-state index in [1.807, 2.05) is 18.2 Å². The van der Waals surface area contributed by atoms with E-state index >= 15 is 4.39 Å². The number of carbonyl (C=O) groups is 2. The molecule has 2 N–H and O–H groups in total. The van der Waals surface area contributed by atoms with Gasteiger partial charge in [-0.05, 0) is 83.3 Å². The van der Waals surface area contributed by atoms with E-state index < -0.39 is 11.8 Å². The van der Waals surface area contributed by atoms with E-state index in [0.717, 1.165) is 44.6 Å². The van der Waals surface area contributed by atoms with Gasteiger partial charge in [0.1, 0.15) is 11.6 Å². The maximum atomic E-state index is 15.0. The molecule has 7 heteroatoms. The standard InChI is InChI=1S/C38H38FN3O3/c39-35-22-25(6-13-33(35)34-16-17-36(44)40-38(34)45)24-41-18-20-42(21-19-41)29-10-7-27(8-11-29)37-31(26-4-2-1-3-5-26)14-9-28-23-30(43)12-15-32(28)37/h1-8,10-13,15,22-23,31,34,37,43H,9,14,16-21,24H2,(H,40,44,45)/t31-,34?,37+/m1/s1. The molecule has 0 radical (unpaired) electrons. The third-order valence-corrected chi connectivity index (χ3v) is 9.89. The van der Waals surface area contributed by atoms with Crippen molar-refractivity contribution in [2.75, 3.05) is 31.1 Å². The second kappa shape index (κ2) is 12.5. The first kappa shape index (κ1) is 29.2. The van der Waals surface area contributed by atoms with Crippen LogP contribution in [-0.2, 0) is 22.6 Å². The Labute approximate surface area is 263 Å². The summed E-state index contributed by atoms with van der Waals surface area (Å²) in [6.45, 7) is 4.15. The number of piperidine rings is 1. The van der Waals surface area contributed by atoms with E-state index in [1.54, 1.807) is 6.07 Å². The molecule has 2 fully saturated rings. The third-order valence-electron chi connectivity index (χ3n) is 9.89. The molecular formula is C38H38FN3O3. The van der Waals surface area contributed by atoms with Gasteiger partial charge in [0, 0.05) is 56.3 Å². The average molecular weight is 604 g/mol. The lowest BCUT2D eigenvalue weighted by Crippen LogP contribution is -2.46. The lowest BCUT2D eigenvalue weighted by molar-refractivity contribution is -0.134. The predicted octanol–water partition coefficient (Wildman–Crippen LogP) is 6.24. The van der Waals surface area contributed by atoms with E-state index in [0.29, 0.717) is 30.2 Å². The topological polar surface area (TPSA) is 72.9 Å². The molecule has 2 aliphatic heterocycles. The Morgan fingerprint density at radius 3 is 2.27 bits per heavy atom. The summed E-state index contributed by atoms with van der Waals surface area (Å²) in [5.41, 5.74) is 7.63. The molecule has 7 rings (SSSR count). The number of phenolic OH excluding ortho intramolecular Hbond substituents is 1. The van der Waals surface area contributed by atoms with Crippen LogP contribution in [-0.4, -0.2) is 48.0 Å². The maximum Gasteiger partial charge on any atom is 0.234 e. The van der Waals surface area contributed by atoms with E-state index in [1.165, 1.54) is 34.0 Å². The van der Waals surface area contributed by atoms with Crippen LogP contribution in [0.2, 0.25) is 0 Å². The van der Waals surface area contributed by atoms with E-state index in [-0.39, 0.29) is 24.1 Å². The molecule has 0 aromatic heterocycles. The zero-order valence-corrected chi connectivity index (χ0v) is 25.3. The van der Waals surface area contributed by atoms with Gasteiger partial charge in [0.25, 0.3) is 0 Å². The molecule has 1 aliphatic carbocycles. The fourth-order valence-electron chi connectivity index (χ4n) is 7.53. The van der Waals surface area contributed by atoms with Crippen LogP contribution in [0.3, 0.4) is 0 Å². The number of carbonyl (C=O) groups excluding carboxylic acids is 2. The second-order valence-corrected chi connectivity index (χ2v) is 12.6. The van der Waals surface area contributed by atoms with Gasteiger partial charge in [0.2, 0.25) is 11.8 Å². The van der Waals surface area contributed by atoms with Crippen LogP contribution < -0.4 is 10.2 Å². The molecule has 0 saturated carbocycles. The monoisotopic (exact) mass is 603 g/mol. The molecule has 230 valence electrons. The van der Waals surface area contributed by atoms with Crippen molar-refractivity contribution in [3.8, 4) is 5.75 Å². The molecule has 2 saturated heterocycles. The Bertz CT molecular complexity index is 1700. The van der Waals surface area contributed by atoms with Crippen LogP contribution >= 0.6 is 0 Å². The largest absolute Gasteiger partial charge is 0.508 e. The van der Waals surface area contributed by atoms with Gasteiger partial charge >= 0.3 is 0 Å². The fourth-order valence-corrected chi connectivity index (χ4v) is 7.53. The Balaban J connectivity index is 1.01. The third kappa shape index (κ3) is 6.09. The van der Waals surface area contributed by atoms with E-state index in [4.69, 9.17) is 0 Å². The number of halogens is 1. The van der Waals surface area contributed by atoms with Crippen LogP contribution in [0.4, 0.5) is 10.1 Å². The maximum absolute atomic E-state index is 15.0. The Morgan fingerprint density at radius 1 is 0.778 bits per heavy atom. The average Bonchev–Trinajstić information content (AvgIpc) is 3.05. The molecule has 3 atom stereocenters. The van der Waals surface area contributed by atoms with Gasteiger partial charge in [-0.3, -0.25) is 19.8 Å². The minimum atomic E-state index is -0.614. The summed E-state index contributed by atoms with van der Waals surface area (Å²) < 4.78 is 15.0. The van der Waals surface area contributed by atoms with Gasteiger partial charge in [-0.2, -0.15) is 0 Å². The van der Waals surface area contributed by atoms with Crippen LogP contribution in [0.5, 0.6) is 5.75 Å². The minimum Gasteiger partial charge on any atom is -0.508 e. The van der Waals surface area contributed by atoms with Gasteiger partial charge < -0.3 is 10.0 Å². The van der Waals surface area contributed by atoms with Crippen molar-refractivity contribution >= 4 is 17.5 Å². The first-order valence-corrected chi connectivity index (χ1v) is 16.0. The predicted molar refractivity (Wildman–Crippen MR) is 173 cm³/mol. The molecule has 2 heterocycles. The van der Waals surface area contributed by atoms with Gasteiger partial charge in [0.15, 0.2) is 0 Å². The number of aryl methyl sites for hydroxylation is 1. The number of amides is 2. The molecule has 2 amide bonds. The highest BCUT2D eigenvalue weighted by Gasteiger charge is 2.33. The summed E-state index contributed by atoms with van der Waals surface area (Å²) in [6, 6.07) is 30.8. The number of imide groups is 1. The van der Waals surface area contributed by atoms with E-state index in [2.05, 4.69) is 75.8 Å². The first-order valence-electron chi connectivity index (χ1n) is 16.0. The highest BCUT2D eigenvalue weighted by atomic mass is 19.1. The first-order chi connectivity index (χ1) is 21.9. The second-order valence-electron chi connectivity index (χ2n) is 12.6. The number of benzene rings is 4. The van der Waals surface area contributed by atoms with Crippen LogP contribution in [0.1, 0.15) is 70.4 Å². The lowest BCUT2D eigenvalue weighted by Gasteiger charge is -2.37. The van der Waals surface area contributed by atoms with Crippen LogP contribution in [0.15, 0.2) is 91.0 Å². The van der Waals surface area contributed by atoms with Crippen molar-refractivity contribution in [3.63, 3.8) is 0 Å². The molecule has 45 heavy (non-hydrogen) atoms. The molecule has 6 nitrogen and oxygen atoms in total. The summed E-state index contributed by atoms with van der Waals surface area (Å²) >= 11 is 0. The SMILES string of the molecule is O=C1CCC(c2ccc(CN3CCN(c4ccc([C@@H]5c6ccc(O)cc6CC[C@@H]5c5ccccc5)cc4)CC3)cc2F)C(=O)N1. The summed E-state index contributed by atoms with van der Waals surface area (Å²) in [5, 5.41) is 12.5. The lowest BCUT2D eigenvalue weighted by atomic mass is 9.69. The van der Waals surface area contributed by atoms with Crippen molar-refractivity contribution in [1.82, 2.24) is 10.2 Å². The minimum absolute atomic E-state index is 0.226. The number of phenols is 1. The normalized spacial score (nSPS) is 22.2. The number of aromatic hydroxyl groups is 1. The van der Waals surface area contributed by atoms with Crippen LogP contribution in [0, 0.1) is 5.82 Å². The number of hydrogen-bond acceptors (Lipinski definition) is 5. The highest BCUT2D eigenvalue weighted by molar-refractivity contribution is 6.00. The number of hydrogen-bond donors (Lipinski definition) is 2. The summed E-state index contributed by atoms with van der Waals surface area (Å²) in [5.74, 6) is -0.775. The zero-order valence-electron chi connectivity index (χ0n) is 25.3. The number of nitrogens with zero attached hydrogens (tertiary/aromatic N) is 2. The number of nitrogens with one attached hydrogen (secondary N) is 1. The smallest absolute Gasteiger partial charge is 0.234 e. The van der Waals surface area contributed by atoms with Crippen molar-refractivity contribution in [3.05, 3.63) is 130 Å². The molecule has 1 unspecified atom stereocenters. The molecule has 0 bridgehead atoms. The summed E-state index contributed by atoms with van der Waals surface area (Å²) in [6.07, 6.45) is 2.58. The van der Waals surface area contributed by atoms with Gasteiger partial charge in [-0.25, -0.2) is 4.39 Å². The number of fused-ring (bicyclic) bond motifs is 1. The number of piperazine rings is 1. The summed E-state index contributed by atoms with van der Waals surface area (Å²) in [7, 11) is 0. The Hall–Kier alpha value is -4.49. The molecule has 4 aromatic rings. The number of anilines is 1. The summed E-state index contributed by atoms with van der Waals surface area (Å²) in [4.78, 5) is 28.4. The Morgan fingerprint density at radius 2 is 1.53 bits per heavy atom. The number of rotatable bonds is 6. The van der Waals surface area contributed by atoms with Gasteiger partial charge in [-0.1, -0.05) is 60.7 Å². The molecule has 0 spiro atoms. The molecule has 4 aromatic carbocycles. The Kier molecular flexibility index (Phi) is 8.11. The van der Waals surface area contributed by atoms with Crippen LogP contribution in [0.25, 0.3) is 0 Å².